The van der Waals surface area contributed by atoms with E-state index in [1.165, 1.54) is 6.07 Å². The average molecular weight is 261 g/mol. The van der Waals surface area contributed by atoms with Gasteiger partial charge in [-0.1, -0.05) is 41.5 Å². The van der Waals surface area contributed by atoms with Crippen molar-refractivity contribution in [1.29, 1.82) is 0 Å². The lowest BCUT2D eigenvalue weighted by molar-refractivity contribution is 0.494. The van der Waals surface area contributed by atoms with E-state index >= 15 is 0 Å². The topological polar surface area (TPSA) is 26.0 Å². The normalized spacial score (nSPS) is 12.5. The monoisotopic (exact) mass is 261 g/mol. The van der Waals surface area contributed by atoms with Gasteiger partial charge in [0.25, 0.3) is 0 Å². The van der Waals surface area contributed by atoms with Crippen LogP contribution in [0.1, 0.15) is 28.3 Å². The number of halogens is 2. The molecule has 0 aliphatic heterocycles. The van der Waals surface area contributed by atoms with Gasteiger partial charge in [-0.25, -0.2) is 8.78 Å². The van der Waals surface area contributed by atoms with Crippen LogP contribution < -0.4 is 5.73 Å². The molecule has 1 unspecified atom stereocenters. The predicted molar refractivity (Wildman–Crippen MR) is 72.9 cm³/mol. The van der Waals surface area contributed by atoms with Gasteiger partial charge in [-0.2, -0.15) is 0 Å². The fraction of sp³-hybridized carbons (Fsp3) is 0.250. The zero-order valence-electron chi connectivity index (χ0n) is 11.1. The molecular formula is C16H17F2N. The van der Waals surface area contributed by atoms with E-state index in [9.17, 15) is 8.78 Å². The summed E-state index contributed by atoms with van der Waals surface area (Å²) < 4.78 is 26.8. The summed E-state index contributed by atoms with van der Waals surface area (Å²) in [7, 11) is 0. The molecule has 0 spiro atoms. The van der Waals surface area contributed by atoms with Gasteiger partial charge in [0.15, 0.2) is 11.6 Å². The Labute approximate surface area is 112 Å². The molecule has 0 radical (unpaired) electrons. The van der Waals surface area contributed by atoms with Crippen molar-refractivity contribution in [2.75, 3.05) is 0 Å². The molecule has 0 amide bonds. The summed E-state index contributed by atoms with van der Waals surface area (Å²) in [6.45, 7) is 3.98. The molecule has 2 rings (SSSR count). The van der Waals surface area contributed by atoms with Gasteiger partial charge >= 0.3 is 0 Å². The summed E-state index contributed by atoms with van der Waals surface area (Å²) >= 11 is 0. The molecule has 0 fully saturated rings. The maximum atomic E-state index is 13.6. The first-order valence-corrected chi connectivity index (χ1v) is 6.24. The Morgan fingerprint density at radius 3 is 2.32 bits per heavy atom. The van der Waals surface area contributed by atoms with Gasteiger partial charge < -0.3 is 5.73 Å². The van der Waals surface area contributed by atoms with Crippen molar-refractivity contribution in [3.63, 3.8) is 0 Å². The second-order valence-corrected chi connectivity index (χ2v) is 4.94. The van der Waals surface area contributed by atoms with Crippen molar-refractivity contribution in [2.24, 2.45) is 5.73 Å². The van der Waals surface area contributed by atoms with E-state index in [2.05, 4.69) is 6.07 Å². The molecule has 19 heavy (non-hydrogen) atoms. The molecular weight excluding hydrogens is 244 g/mol. The van der Waals surface area contributed by atoms with Crippen molar-refractivity contribution in [3.05, 3.63) is 70.3 Å². The van der Waals surface area contributed by atoms with E-state index in [1.54, 1.807) is 6.07 Å². The quantitative estimate of drug-likeness (QED) is 0.893. The molecule has 100 valence electrons. The summed E-state index contributed by atoms with van der Waals surface area (Å²) in [5.41, 5.74) is 9.58. The van der Waals surface area contributed by atoms with Gasteiger partial charge in [0.05, 0.1) is 0 Å². The van der Waals surface area contributed by atoms with Crippen LogP contribution in [0.4, 0.5) is 8.78 Å². The van der Waals surface area contributed by atoms with Crippen LogP contribution in [0.3, 0.4) is 0 Å². The smallest absolute Gasteiger partial charge is 0.162 e. The molecule has 3 heteroatoms. The lowest BCUT2D eigenvalue weighted by Crippen LogP contribution is -2.15. The van der Waals surface area contributed by atoms with Crippen LogP contribution in [0.2, 0.25) is 0 Å². The fourth-order valence-electron chi connectivity index (χ4n) is 2.28. The van der Waals surface area contributed by atoms with Crippen molar-refractivity contribution < 1.29 is 8.78 Å². The Bertz CT molecular complexity index is 573. The Balaban J connectivity index is 2.25. The standard InChI is InChI=1S/C16H17F2N/c1-10-6-11(2)8-13(7-10)15(19)9-12-4-3-5-14(17)16(12)18/h3-8,15H,9,19H2,1-2H3. The largest absolute Gasteiger partial charge is 0.324 e. The van der Waals surface area contributed by atoms with E-state index in [4.69, 9.17) is 5.73 Å². The summed E-state index contributed by atoms with van der Waals surface area (Å²) in [6.07, 6.45) is 0.284. The van der Waals surface area contributed by atoms with Gasteiger partial charge in [-0.05, 0) is 37.5 Å². The summed E-state index contributed by atoms with van der Waals surface area (Å²) in [4.78, 5) is 0. The lowest BCUT2D eigenvalue weighted by Gasteiger charge is -2.14. The first-order valence-electron chi connectivity index (χ1n) is 6.24. The molecule has 0 heterocycles. The van der Waals surface area contributed by atoms with E-state index in [1.807, 2.05) is 26.0 Å². The SMILES string of the molecule is Cc1cc(C)cc(C(N)Cc2cccc(F)c2F)c1. The highest BCUT2D eigenvalue weighted by molar-refractivity contribution is 5.32. The van der Waals surface area contributed by atoms with Gasteiger partial charge in [-0.3, -0.25) is 0 Å². The number of aryl methyl sites for hydroxylation is 2. The Hall–Kier alpha value is -1.74. The Morgan fingerprint density at radius 1 is 1.05 bits per heavy atom. The molecule has 0 aliphatic carbocycles. The minimum atomic E-state index is -0.829. The third-order valence-electron chi connectivity index (χ3n) is 3.14. The second-order valence-electron chi connectivity index (χ2n) is 4.94. The maximum Gasteiger partial charge on any atom is 0.162 e. The second kappa shape index (κ2) is 5.49. The minimum absolute atomic E-state index is 0.284. The average Bonchev–Trinajstić information content (AvgIpc) is 2.33. The third kappa shape index (κ3) is 3.18. The molecule has 0 aliphatic rings. The van der Waals surface area contributed by atoms with Gasteiger partial charge in [0.1, 0.15) is 0 Å². The molecule has 0 saturated carbocycles. The van der Waals surface area contributed by atoms with Crippen molar-refractivity contribution in [3.8, 4) is 0 Å². The molecule has 2 N–H and O–H groups in total. The summed E-state index contributed by atoms with van der Waals surface area (Å²) in [5, 5.41) is 0. The number of nitrogens with two attached hydrogens (primary N) is 1. The van der Waals surface area contributed by atoms with Crippen LogP contribution in [0.25, 0.3) is 0 Å². The van der Waals surface area contributed by atoms with Crippen LogP contribution in [0.15, 0.2) is 36.4 Å². The van der Waals surface area contributed by atoms with Gasteiger partial charge in [0, 0.05) is 6.04 Å². The highest BCUT2D eigenvalue weighted by atomic mass is 19.2. The maximum absolute atomic E-state index is 13.6. The lowest BCUT2D eigenvalue weighted by atomic mass is 9.96. The highest BCUT2D eigenvalue weighted by Crippen LogP contribution is 2.21. The molecule has 0 saturated heterocycles. The van der Waals surface area contributed by atoms with Crippen LogP contribution in [0.5, 0.6) is 0 Å². The molecule has 1 nitrogen and oxygen atoms in total. The number of benzene rings is 2. The van der Waals surface area contributed by atoms with E-state index in [-0.39, 0.29) is 12.5 Å². The Kier molecular flexibility index (Phi) is 3.96. The van der Waals surface area contributed by atoms with Gasteiger partial charge in [0.2, 0.25) is 0 Å². The van der Waals surface area contributed by atoms with Crippen molar-refractivity contribution in [1.82, 2.24) is 0 Å². The van der Waals surface area contributed by atoms with E-state index < -0.39 is 11.6 Å². The highest BCUT2D eigenvalue weighted by Gasteiger charge is 2.13. The molecule has 2 aromatic rings. The van der Waals surface area contributed by atoms with Crippen molar-refractivity contribution >= 4 is 0 Å². The van der Waals surface area contributed by atoms with E-state index in [0.29, 0.717) is 5.56 Å². The number of rotatable bonds is 3. The first-order chi connectivity index (χ1) is 8.97. The van der Waals surface area contributed by atoms with Crippen LogP contribution >= 0.6 is 0 Å². The Morgan fingerprint density at radius 2 is 1.68 bits per heavy atom. The zero-order valence-corrected chi connectivity index (χ0v) is 11.1. The minimum Gasteiger partial charge on any atom is -0.324 e. The van der Waals surface area contributed by atoms with Crippen LogP contribution in [0, 0.1) is 25.5 Å². The van der Waals surface area contributed by atoms with Gasteiger partial charge in [-0.15, -0.1) is 0 Å². The molecule has 0 bridgehead atoms. The van der Waals surface area contributed by atoms with E-state index in [0.717, 1.165) is 22.8 Å². The molecule has 2 aromatic carbocycles. The molecule has 1 atom stereocenters. The number of hydrogen-bond donors (Lipinski definition) is 1. The van der Waals surface area contributed by atoms with Crippen LogP contribution in [-0.4, -0.2) is 0 Å². The summed E-state index contributed by atoms with van der Waals surface area (Å²) in [6, 6.07) is 9.86. The third-order valence-corrected chi connectivity index (χ3v) is 3.14. The fourth-order valence-corrected chi connectivity index (χ4v) is 2.28. The van der Waals surface area contributed by atoms with Crippen LogP contribution in [-0.2, 0) is 6.42 Å². The first kappa shape index (κ1) is 13.7. The van der Waals surface area contributed by atoms with Crippen molar-refractivity contribution in [2.45, 2.75) is 26.3 Å². The molecule has 0 aromatic heterocycles. The zero-order chi connectivity index (χ0) is 14.0. The predicted octanol–water partition coefficient (Wildman–Crippen LogP) is 3.82. The number of hydrogen-bond acceptors (Lipinski definition) is 1. The summed E-state index contributed by atoms with van der Waals surface area (Å²) in [5.74, 6) is -1.63.